The summed E-state index contributed by atoms with van der Waals surface area (Å²) >= 11 is 5.93. The summed E-state index contributed by atoms with van der Waals surface area (Å²) in [6.45, 7) is 3.82. The van der Waals surface area contributed by atoms with Crippen molar-refractivity contribution >= 4 is 23.4 Å². The molecule has 120 valence electrons. The number of amides is 2. The lowest BCUT2D eigenvalue weighted by molar-refractivity contribution is 0.0517. The first kappa shape index (κ1) is 15.6. The highest BCUT2D eigenvalue weighted by molar-refractivity contribution is 6.30. The van der Waals surface area contributed by atoms with Crippen molar-refractivity contribution in [1.29, 1.82) is 0 Å². The molecule has 1 aliphatic rings. The predicted molar refractivity (Wildman–Crippen MR) is 86.7 cm³/mol. The highest BCUT2D eigenvalue weighted by Gasteiger charge is 2.27. The number of piperazine rings is 1. The Hall–Kier alpha value is -2.27. The van der Waals surface area contributed by atoms with E-state index in [4.69, 9.17) is 16.0 Å². The Bertz CT molecular complexity index is 733. The molecular formula is C17H17ClN2O3. The van der Waals surface area contributed by atoms with Crippen LogP contribution in [0.15, 0.2) is 41.0 Å². The first-order valence-electron chi connectivity index (χ1n) is 7.44. The highest BCUT2D eigenvalue weighted by Crippen LogP contribution is 2.16. The van der Waals surface area contributed by atoms with Gasteiger partial charge >= 0.3 is 0 Å². The maximum absolute atomic E-state index is 12.5. The Morgan fingerprint density at radius 2 is 1.70 bits per heavy atom. The van der Waals surface area contributed by atoms with Crippen molar-refractivity contribution in [3.8, 4) is 0 Å². The molecule has 1 aromatic heterocycles. The molecule has 1 fully saturated rings. The van der Waals surface area contributed by atoms with Crippen LogP contribution in [-0.4, -0.2) is 47.8 Å². The van der Waals surface area contributed by atoms with Crippen molar-refractivity contribution < 1.29 is 14.0 Å². The summed E-state index contributed by atoms with van der Waals surface area (Å²) in [4.78, 5) is 28.3. The first-order chi connectivity index (χ1) is 11.1. The number of rotatable bonds is 2. The minimum absolute atomic E-state index is 0.0613. The Kier molecular flexibility index (Phi) is 4.39. The third kappa shape index (κ3) is 3.24. The molecule has 5 nitrogen and oxygen atoms in total. The van der Waals surface area contributed by atoms with Gasteiger partial charge in [0.1, 0.15) is 0 Å². The Morgan fingerprint density at radius 3 is 2.26 bits per heavy atom. The second-order valence-electron chi connectivity index (χ2n) is 5.53. The maximum Gasteiger partial charge on any atom is 0.289 e. The number of carbonyl (C=O) groups excluding carboxylic acids is 2. The number of hydrogen-bond donors (Lipinski definition) is 0. The molecule has 0 N–H and O–H groups in total. The van der Waals surface area contributed by atoms with E-state index in [2.05, 4.69) is 0 Å². The predicted octanol–water partition coefficient (Wildman–Crippen LogP) is 2.84. The average molecular weight is 333 g/mol. The summed E-state index contributed by atoms with van der Waals surface area (Å²) in [7, 11) is 0. The topological polar surface area (TPSA) is 53.8 Å². The highest BCUT2D eigenvalue weighted by atomic mass is 35.5. The van der Waals surface area contributed by atoms with Crippen molar-refractivity contribution in [3.05, 3.63) is 58.5 Å². The fourth-order valence-corrected chi connectivity index (χ4v) is 2.84. The van der Waals surface area contributed by atoms with Crippen LogP contribution in [0.4, 0.5) is 0 Å². The lowest BCUT2D eigenvalue weighted by atomic mass is 10.1. The minimum Gasteiger partial charge on any atom is -0.459 e. The molecule has 1 saturated heterocycles. The third-order valence-electron chi connectivity index (χ3n) is 3.98. The van der Waals surface area contributed by atoms with Gasteiger partial charge in [-0.3, -0.25) is 9.59 Å². The largest absolute Gasteiger partial charge is 0.459 e. The van der Waals surface area contributed by atoms with Gasteiger partial charge in [-0.15, -0.1) is 0 Å². The molecule has 0 bridgehead atoms. The molecule has 1 aromatic carbocycles. The number of benzene rings is 1. The van der Waals surface area contributed by atoms with Gasteiger partial charge in [0.25, 0.3) is 11.8 Å². The van der Waals surface area contributed by atoms with Crippen molar-refractivity contribution in [2.45, 2.75) is 6.92 Å². The van der Waals surface area contributed by atoms with E-state index >= 15 is 0 Å². The summed E-state index contributed by atoms with van der Waals surface area (Å²) in [6, 6.07) is 8.67. The molecule has 0 saturated carbocycles. The van der Waals surface area contributed by atoms with Gasteiger partial charge < -0.3 is 14.2 Å². The van der Waals surface area contributed by atoms with Gasteiger partial charge in [0.15, 0.2) is 5.76 Å². The number of halogens is 1. The van der Waals surface area contributed by atoms with E-state index in [-0.39, 0.29) is 11.8 Å². The SMILES string of the molecule is Cc1ccoc1C(=O)N1CCN(C(=O)c2cccc(Cl)c2)CC1. The second-order valence-corrected chi connectivity index (χ2v) is 5.96. The van der Waals surface area contributed by atoms with Gasteiger partial charge in [0.05, 0.1) is 6.26 Å². The standard InChI is InChI=1S/C17H17ClN2O3/c1-12-5-10-23-15(12)17(22)20-8-6-19(7-9-20)16(21)13-3-2-4-14(18)11-13/h2-5,10-11H,6-9H2,1H3. The molecule has 0 aliphatic carbocycles. The van der Waals surface area contributed by atoms with Crippen molar-refractivity contribution in [2.24, 2.45) is 0 Å². The van der Waals surface area contributed by atoms with Gasteiger partial charge in [-0.05, 0) is 31.2 Å². The normalized spacial score (nSPS) is 14.9. The van der Waals surface area contributed by atoms with Crippen LogP contribution in [-0.2, 0) is 0 Å². The lowest BCUT2D eigenvalue weighted by Crippen LogP contribution is -2.50. The van der Waals surface area contributed by atoms with Crippen molar-refractivity contribution in [2.75, 3.05) is 26.2 Å². The van der Waals surface area contributed by atoms with E-state index in [1.54, 1.807) is 40.1 Å². The number of hydrogen-bond acceptors (Lipinski definition) is 3. The van der Waals surface area contributed by atoms with Crippen LogP contribution in [0.3, 0.4) is 0 Å². The maximum atomic E-state index is 12.5. The molecule has 0 radical (unpaired) electrons. The zero-order valence-electron chi connectivity index (χ0n) is 12.8. The zero-order chi connectivity index (χ0) is 16.4. The van der Waals surface area contributed by atoms with Gasteiger partial charge in [0, 0.05) is 42.3 Å². The number of furan rings is 1. The van der Waals surface area contributed by atoms with Crippen LogP contribution in [0.5, 0.6) is 0 Å². The van der Waals surface area contributed by atoms with Crippen molar-refractivity contribution in [1.82, 2.24) is 9.80 Å². The van der Waals surface area contributed by atoms with E-state index in [0.29, 0.717) is 42.5 Å². The lowest BCUT2D eigenvalue weighted by Gasteiger charge is -2.34. The fourth-order valence-electron chi connectivity index (χ4n) is 2.65. The van der Waals surface area contributed by atoms with Crippen LogP contribution in [0.1, 0.15) is 26.5 Å². The molecule has 1 aliphatic heterocycles. The smallest absolute Gasteiger partial charge is 0.289 e. The Balaban J connectivity index is 1.63. The molecular weight excluding hydrogens is 316 g/mol. The molecule has 23 heavy (non-hydrogen) atoms. The molecule has 0 unspecified atom stereocenters. The molecule has 0 atom stereocenters. The number of nitrogens with zero attached hydrogens (tertiary/aromatic N) is 2. The molecule has 2 aromatic rings. The quantitative estimate of drug-likeness (QED) is 0.849. The van der Waals surface area contributed by atoms with E-state index in [1.165, 1.54) is 6.26 Å². The monoisotopic (exact) mass is 332 g/mol. The molecule has 0 spiro atoms. The van der Waals surface area contributed by atoms with Crippen LogP contribution in [0.2, 0.25) is 5.02 Å². The average Bonchev–Trinajstić information content (AvgIpc) is 3.00. The van der Waals surface area contributed by atoms with E-state index in [9.17, 15) is 9.59 Å². The molecule has 2 heterocycles. The summed E-state index contributed by atoms with van der Waals surface area (Å²) in [6.07, 6.45) is 1.52. The summed E-state index contributed by atoms with van der Waals surface area (Å²) in [5.41, 5.74) is 1.39. The van der Waals surface area contributed by atoms with Gasteiger partial charge in [-0.2, -0.15) is 0 Å². The van der Waals surface area contributed by atoms with Crippen LogP contribution in [0, 0.1) is 6.92 Å². The Morgan fingerprint density at radius 1 is 1.04 bits per heavy atom. The second kappa shape index (κ2) is 6.46. The van der Waals surface area contributed by atoms with Gasteiger partial charge in [-0.25, -0.2) is 0 Å². The van der Waals surface area contributed by atoms with Crippen LogP contribution in [0.25, 0.3) is 0 Å². The molecule has 6 heteroatoms. The van der Waals surface area contributed by atoms with Crippen LogP contribution < -0.4 is 0 Å². The molecule has 2 amide bonds. The van der Waals surface area contributed by atoms with Gasteiger partial charge in [-0.1, -0.05) is 17.7 Å². The zero-order valence-corrected chi connectivity index (χ0v) is 13.5. The van der Waals surface area contributed by atoms with E-state index < -0.39 is 0 Å². The van der Waals surface area contributed by atoms with Crippen molar-refractivity contribution in [3.63, 3.8) is 0 Å². The fraction of sp³-hybridized carbons (Fsp3) is 0.294. The summed E-state index contributed by atoms with van der Waals surface area (Å²) in [5, 5.41) is 0.540. The van der Waals surface area contributed by atoms with E-state index in [1.807, 2.05) is 6.92 Å². The minimum atomic E-state index is -0.123. The third-order valence-corrected chi connectivity index (χ3v) is 4.22. The molecule has 3 rings (SSSR count). The Labute approximate surface area is 139 Å². The summed E-state index contributed by atoms with van der Waals surface area (Å²) in [5.74, 6) is 0.191. The number of aryl methyl sites for hydroxylation is 1. The summed E-state index contributed by atoms with van der Waals surface area (Å²) < 4.78 is 5.25. The van der Waals surface area contributed by atoms with Crippen LogP contribution >= 0.6 is 11.6 Å². The number of carbonyl (C=O) groups is 2. The first-order valence-corrected chi connectivity index (χ1v) is 7.82. The van der Waals surface area contributed by atoms with Gasteiger partial charge in [0.2, 0.25) is 0 Å². The van der Waals surface area contributed by atoms with E-state index in [0.717, 1.165) is 5.56 Å².